The summed E-state index contributed by atoms with van der Waals surface area (Å²) in [5.74, 6) is 0.516. The number of carbonyl (C=O) groups is 1. The number of nitrogens with one attached hydrogen (secondary N) is 1. The molecular formula is C25H34N2O4S. The van der Waals surface area contributed by atoms with Crippen molar-refractivity contribution in [2.45, 2.75) is 63.8 Å². The lowest BCUT2D eigenvalue weighted by Gasteiger charge is -2.26. The molecule has 0 spiro atoms. The number of benzene rings is 2. The molecule has 2 aromatic rings. The van der Waals surface area contributed by atoms with Crippen LogP contribution < -0.4 is 10.1 Å². The van der Waals surface area contributed by atoms with Gasteiger partial charge in [0, 0.05) is 19.5 Å². The number of piperidine rings is 1. The van der Waals surface area contributed by atoms with Crippen molar-refractivity contribution in [3.8, 4) is 5.75 Å². The summed E-state index contributed by atoms with van der Waals surface area (Å²) < 4.78 is 33.1. The third kappa shape index (κ3) is 5.70. The highest BCUT2D eigenvalue weighted by atomic mass is 32.2. The summed E-state index contributed by atoms with van der Waals surface area (Å²) in [4.78, 5) is 12.9. The molecule has 1 saturated heterocycles. The molecule has 0 radical (unpaired) electrons. The van der Waals surface area contributed by atoms with Gasteiger partial charge in [0.1, 0.15) is 5.75 Å². The minimum absolute atomic E-state index is 0.0789. The zero-order valence-corrected chi connectivity index (χ0v) is 20.3. The van der Waals surface area contributed by atoms with E-state index in [4.69, 9.17) is 4.74 Å². The number of amides is 1. The van der Waals surface area contributed by atoms with Crippen LogP contribution in [0.25, 0.3) is 0 Å². The first kappa shape index (κ1) is 24.3. The van der Waals surface area contributed by atoms with Crippen LogP contribution in [-0.4, -0.2) is 38.8 Å². The summed E-state index contributed by atoms with van der Waals surface area (Å²) in [6.07, 6.45) is 3.49. The quantitative estimate of drug-likeness (QED) is 0.640. The average molecular weight is 459 g/mol. The second-order valence-electron chi connectivity index (χ2n) is 8.59. The van der Waals surface area contributed by atoms with E-state index in [1.807, 2.05) is 20.8 Å². The molecule has 1 aliphatic rings. The molecular weight excluding hydrogens is 424 g/mol. The lowest BCUT2D eigenvalue weighted by Crippen LogP contribution is -2.35. The molecule has 1 amide bonds. The zero-order valence-electron chi connectivity index (χ0n) is 19.5. The van der Waals surface area contributed by atoms with Crippen LogP contribution >= 0.6 is 0 Å². The highest BCUT2D eigenvalue weighted by Gasteiger charge is 2.26. The number of sulfonamides is 1. The Bertz CT molecular complexity index is 1060. The second kappa shape index (κ2) is 10.5. The summed E-state index contributed by atoms with van der Waals surface area (Å²) in [6, 6.07) is 11.0. The van der Waals surface area contributed by atoms with Crippen LogP contribution in [0.2, 0.25) is 0 Å². The van der Waals surface area contributed by atoms with Crippen molar-refractivity contribution in [2.75, 3.05) is 20.2 Å². The van der Waals surface area contributed by atoms with Gasteiger partial charge in [-0.3, -0.25) is 4.79 Å². The SMILES string of the molecule is COc1ccc(S(=O)(=O)N2CCCCC2)cc1CCC(=O)N[C@@H](C)c1cc(C)ccc1C. The molecule has 1 atom stereocenters. The molecule has 3 rings (SSSR count). The highest BCUT2D eigenvalue weighted by molar-refractivity contribution is 7.89. The van der Waals surface area contributed by atoms with Gasteiger partial charge in [0.15, 0.2) is 0 Å². The number of hydrogen-bond donors (Lipinski definition) is 1. The minimum atomic E-state index is -3.53. The molecule has 2 aromatic carbocycles. The summed E-state index contributed by atoms with van der Waals surface area (Å²) in [7, 11) is -1.98. The molecule has 174 valence electrons. The van der Waals surface area contributed by atoms with E-state index in [1.165, 1.54) is 0 Å². The van der Waals surface area contributed by atoms with Crippen LogP contribution in [0.15, 0.2) is 41.3 Å². The topological polar surface area (TPSA) is 75.7 Å². The van der Waals surface area contributed by atoms with E-state index in [0.717, 1.165) is 41.5 Å². The predicted octanol–water partition coefficient (Wildman–Crippen LogP) is 4.30. The molecule has 1 aliphatic heterocycles. The lowest BCUT2D eigenvalue weighted by atomic mass is 9.99. The molecule has 0 saturated carbocycles. The van der Waals surface area contributed by atoms with E-state index in [1.54, 1.807) is 29.6 Å². The Balaban J connectivity index is 1.70. The van der Waals surface area contributed by atoms with E-state index < -0.39 is 10.0 Å². The number of ether oxygens (including phenoxy) is 1. The molecule has 1 heterocycles. The Labute approximate surface area is 192 Å². The van der Waals surface area contributed by atoms with Gasteiger partial charge >= 0.3 is 0 Å². The largest absolute Gasteiger partial charge is 0.496 e. The lowest BCUT2D eigenvalue weighted by molar-refractivity contribution is -0.121. The number of nitrogens with zero attached hydrogens (tertiary/aromatic N) is 1. The number of aryl methyl sites for hydroxylation is 3. The van der Waals surface area contributed by atoms with Gasteiger partial charge in [-0.05, 0) is 74.9 Å². The van der Waals surface area contributed by atoms with Crippen molar-refractivity contribution in [2.24, 2.45) is 0 Å². The van der Waals surface area contributed by atoms with E-state index in [-0.39, 0.29) is 23.3 Å². The molecule has 0 unspecified atom stereocenters. The smallest absolute Gasteiger partial charge is 0.243 e. The third-order valence-corrected chi connectivity index (χ3v) is 8.00. The number of methoxy groups -OCH3 is 1. The van der Waals surface area contributed by atoms with E-state index in [0.29, 0.717) is 25.3 Å². The first-order chi connectivity index (χ1) is 15.2. The summed E-state index contributed by atoms with van der Waals surface area (Å²) in [5, 5.41) is 3.06. The van der Waals surface area contributed by atoms with Gasteiger partial charge in [0.05, 0.1) is 18.0 Å². The maximum absolute atomic E-state index is 13.0. The number of rotatable bonds is 8. The molecule has 1 fully saturated rings. The van der Waals surface area contributed by atoms with Crippen LogP contribution in [0.5, 0.6) is 5.75 Å². The average Bonchev–Trinajstić information content (AvgIpc) is 2.79. The van der Waals surface area contributed by atoms with Crippen molar-refractivity contribution in [1.29, 1.82) is 0 Å². The van der Waals surface area contributed by atoms with E-state index in [2.05, 4.69) is 23.5 Å². The fourth-order valence-corrected chi connectivity index (χ4v) is 5.80. The number of carbonyl (C=O) groups excluding carboxylic acids is 1. The molecule has 1 N–H and O–H groups in total. The first-order valence-electron chi connectivity index (χ1n) is 11.3. The van der Waals surface area contributed by atoms with E-state index >= 15 is 0 Å². The van der Waals surface area contributed by atoms with Gasteiger partial charge in [-0.25, -0.2) is 8.42 Å². The maximum atomic E-state index is 13.0. The maximum Gasteiger partial charge on any atom is 0.243 e. The Morgan fingerprint density at radius 2 is 1.81 bits per heavy atom. The first-order valence-corrected chi connectivity index (χ1v) is 12.7. The zero-order chi connectivity index (χ0) is 23.3. The van der Waals surface area contributed by atoms with Gasteiger partial charge in [0.2, 0.25) is 15.9 Å². The standard InChI is InChI=1S/C25H34N2O4S/c1-18-8-9-19(2)23(16-18)20(3)26-25(28)13-10-21-17-22(11-12-24(21)31-4)32(29,30)27-14-6-5-7-15-27/h8-9,11-12,16-17,20H,5-7,10,13-15H2,1-4H3,(H,26,28)/t20-/m0/s1. The van der Waals surface area contributed by atoms with Crippen LogP contribution in [0.4, 0.5) is 0 Å². The van der Waals surface area contributed by atoms with Crippen molar-refractivity contribution in [1.82, 2.24) is 9.62 Å². The summed E-state index contributed by atoms with van der Waals surface area (Å²) in [5.41, 5.74) is 4.12. The van der Waals surface area contributed by atoms with Crippen LogP contribution in [0.1, 0.15) is 60.9 Å². The minimum Gasteiger partial charge on any atom is -0.496 e. The summed E-state index contributed by atoms with van der Waals surface area (Å²) in [6.45, 7) is 7.17. The highest BCUT2D eigenvalue weighted by Crippen LogP contribution is 2.27. The van der Waals surface area contributed by atoms with E-state index in [9.17, 15) is 13.2 Å². The third-order valence-electron chi connectivity index (χ3n) is 6.10. The van der Waals surface area contributed by atoms with Crippen molar-refractivity contribution < 1.29 is 17.9 Å². The summed E-state index contributed by atoms with van der Waals surface area (Å²) >= 11 is 0. The van der Waals surface area contributed by atoms with Crippen molar-refractivity contribution in [3.63, 3.8) is 0 Å². The van der Waals surface area contributed by atoms with Gasteiger partial charge in [0.25, 0.3) is 0 Å². The Morgan fingerprint density at radius 1 is 1.09 bits per heavy atom. The van der Waals surface area contributed by atoms with Gasteiger partial charge in [-0.15, -0.1) is 0 Å². The molecule has 7 heteroatoms. The molecule has 0 aromatic heterocycles. The van der Waals surface area contributed by atoms with Crippen LogP contribution in [0, 0.1) is 13.8 Å². The monoisotopic (exact) mass is 458 g/mol. The van der Waals surface area contributed by atoms with Crippen molar-refractivity contribution in [3.05, 3.63) is 58.7 Å². The van der Waals surface area contributed by atoms with Gasteiger partial charge in [-0.2, -0.15) is 4.31 Å². The molecule has 0 bridgehead atoms. The molecule has 0 aliphatic carbocycles. The van der Waals surface area contributed by atoms with Crippen molar-refractivity contribution >= 4 is 15.9 Å². The van der Waals surface area contributed by atoms with Gasteiger partial charge < -0.3 is 10.1 Å². The normalized spacial score (nSPS) is 15.9. The van der Waals surface area contributed by atoms with Crippen LogP contribution in [0.3, 0.4) is 0 Å². The fourth-order valence-electron chi connectivity index (χ4n) is 4.23. The number of hydrogen-bond acceptors (Lipinski definition) is 4. The Hall–Kier alpha value is -2.38. The second-order valence-corrected chi connectivity index (χ2v) is 10.5. The fraction of sp³-hybridized carbons (Fsp3) is 0.480. The Morgan fingerprint density at radius 3 is 2.50 bits per heavy atom. The van der Waals surface area contributed by atoms with Gasteiger partial charge in [-0.1, -0.05) is 30.2 Å². The molecule has 32 heavy (non-hydrogen) atoms. The van der Waals surface area contributed by atoms with Crippen LogP contribution in [-0.2, 0) is 21.2 Å². The Kier molecular flexibility index (Phi) is 7.96. The predicted molar refractivity (Wildman–Crippen MR) is 126 cm³/mol. The molecule has 6 nitrogen and oxygen atoms in total.